The maximum Gasteiger partial charge on any atom is 0.201 e. The van der Waals surface area contributed by atoms with Gasteiger partial charge in [-0.1, -0.05) is 44.0 Å². The first-order chi connectivity index (χ1) is 14.1. The Hall–Kier alpha value is -2.41. The smallest absolute Gasteiger partial charge is 0.201 e. The lowest BCUT2D eigenvalue weighted by atomic mass is 9.79. The van der Waals surface area contributed by atoms with Gasteiger partial charge in [0.2, 0.25) is 5.82 Å². The third kappa shape index (κ3) is 5.56. The number of rotatable bonds is 8. The van der Waals surface area contributed by atoms with Gasteiger partial charge < -0.3 is 4.74 Å². The van der Waals surface area contributed by atoms with Gasteiger partial charge in [-0.2, -0.15) is 9.65 Å². The Balaban J connectivity index is 1.47. The lowest BCUT2D eigenvalue weighted by molar-refractivity contribution is 0.192. The molecular formula is C25H29F2NO. The lowest BCUT2D eigenvalue weighted by Crippen LogP contribution is -2.19. The largest absolute Gasteiger partial charge is 0.490 e. The van der Waals surface area contributed by atoms with Gasteiger partial charge in [0.25, 0.3) is 0 Å². The minimum Gasteiger partial charge on any atom is -0.490 e. The van der Waals surface area contributed by atoms with Gasteiger partial charge in [-0.15, -0.1) is 0 Å². The van der Waals surface area contributed by atoms with Crippen LogP contribution in [0.1, 0.15) is 74.5 Å². The van der Waals surface area contributed by atoms with Crippen LogP contribution in [0.25, 0.3) is 0 Å². The SMILES string of the molecule is CCCCCc1ccc(C2CCC(COc3ccc(C#N)c(F)c3F)CC2)cc1. The summed E-state index contributed by atoms with van der Waals surface area (Å²) in [5, 5.41) is 8.75. The molecule has 0 bridgehead atoms. The summed E-state index contributed by atoms with van der Waals surface area (Å²) in [5.74, 6) is -1.40. The Labute approximate surface area is 172 Å². The fourth-order valence-corrected chi connectivity index (χ4v) is 4.14. The Morgan fingerprint density at radius 3 is 2.34 bits per heavy atom. The molecule has 0 radical (unpaired) electrons. The van der Waals surface area contributed by atoms with E-state index in [9.17, 15) is 8.78 Å². The second kappa shape index (κ2) is 10.4. The average Bonchev–Trinajstić information content (AvgIpc) is 2.76. The Bertz CT molecular complexity index is 833. The number of hydrogen-bond acceptors (Lipinski definition) is 2. The maximum atomic E-state index is 14.0. The van der Waals surface area contributed by atoms with Crippen molar-refractivity contribution >= 4 is 0 Å². The molecule has 0 atom stereocenters. The topological polar surface area (TPSA) is 33.0 Å². The van der Waals surface area contributed by atoms with Crippen LogP contribution >= 0.6 is 0 Å². The van der Waals surface area contributed by atoms with Gasteiger partial charge in [0.1, 0.15) is 6.07 Å². The van der Waals surface area contributed by atoms with Crippen LogP contribution in [-0.4, -0.2) is 6.61 Å². The Kier molecular flexibility index (Phi) is 7.63. The van der Waals surface area contributed by atoms with E-state index in [0.29, 0.717) is 18.4 Å². The van der Waals surface area contributed by atoms with Gasteiger partial charge in [0, 0.05) is 0 Å². The zero-order valence-electron chi connectivity index (χ0n) is 17.1. The maximum absolute atomic E-state index is 14.0. The zero-order valence-corrected chi connectivity index (χ0v) is 17.1. The van der Waals surface area contributed by atoms with Crippen LogP contribution in [-0.2, 0) is 6.42 Å². The highest BCUT2D eigenvalue weighted by Crippen LogP contribution is 2.36. The van der Waals surface area contributed by atoms with Crippen molar-refractivity contribution in [3.8, 4) is 11.8 Å². The molecule has 0 spiro atoms. The molecule has 0 N–H and O–H groups in total. The first-order valence-electron chi connectivity index (χ1n) is 10.7. The van der Waals surface area contributed by atoms with Gasteiger partial charge >= 0.3 is 0 Å². The number of aryl methyl sites for hydroxylation is 1. The highest BCUT2D eigenvalue weighted by molar-refractivity contribution is 5.37. The molecule has 2 aromatic rings. The molecule has 2 aromatic carbocycles. The number of nitrogens with zero attached hydrogens (tertiary/aromatic N) is 1. The van der Waals surface area contributed by atoms with Crippen molar-refractivity contribution in [3.63, 3.8) is 0 Å². The van der Waals surface area contributed by atoms with E-state index in [2.05, 4.69) is 31.2 Å². The lowest BCUT2D eigenvalue weighted by Gasteiger charge is -2.29. The molecule has 1 aliphatic rings. The molecule has 3 rings (SSSR count). The molecule has 0 aliphatic heterocycles. The van der Waals surface area contributed by atoms with Crippen molar-refractivity contribution in [1.29, 1.82) is 5.26 Å². The normalized spacial score (nSPS) is 19.0. The fraction of sp³-hybridized carbons (Fsp3) is 0.480. The summed E-state index contributed by atoms with van der Waals surface area (Å²) in [5.41, 5.74) is 2.52. The molecular weight excluding hydrogens is 368 g/mol. The Morgan fingerprint density at radius 1 is 0.966 bits per heavy atom. The highest BCUT2D eigenvalue weighted by atomic mass is 19.2. The van der Waals surface area contributed by atoms with Crippen LogP contribution in [0.5, 0.6) is 5.75 Å². The molecule has 0 heterocycles. The molecule has 1 fully saturated rings. The highest BCUT2D eigenvalue weighted by Gasteiger charge is 2.23. The van der Waals surface area contributed by atoms with E-state index in [1.807, 2.05) is 0 Å². The molecule has 0 saturated heterocycles. The van der Waals surface area contributed by atoms with Crippen molar-refractivity contribution in [2.24, 2.45) is 5.92 Å². The summed E-state index contributed by atoms with van der Waals surface area (Å²) in [6, 6.07) is 13.3. The van der Waals surface area contributed by atoms with Crippen molar-refractivity contribution in [2.75, 3.05) is 6.61 Å². The van der Waals surface area contributed by atoms with E-state index in [0.717, 1.165) is 32.1 Å². The van der Waals surface area contributed by atoms with E-state index in [-0.39, 0.29) is 11.3 Å². The third-order valence-electron chi connectivity index (χ3n) is 6.01. The van der Waals surface area contributed by atoms with Crippen LogP contribution in [0.2, 0.25) is 0 Å². The summed E-state index contributed by atoms with van der Waals surface area (Å²) >= 11 is 0. The van der Waals surface area contributed by atoms with Crippen molar-refractivity contribution in [1.82, 2.24) is 0 Å². The van der Waals surface area contributed by atoms with Crippen LogP contribution in [0.15, 0.2) is 36.4 Å². The Morgan fingerprint density at radius 2 is 1.69 bits per heavy atom. The van der Waals surface area contributed by atoms with Gasteiger partial charge in [0.15, 0.2) is 11.6 Å². The summed E-state index contributed by atoms with van der Waals surface area (Å²) in [6.07, 6.45) is 9.16. The summed E-state index contributed by atoms with van der Waals surface area (Å²) in [4.78, 5) is 0. The number of nitriles is 1. The second-order valence-corrected chi connectivity index (χ2v) is 8.08. The minimum absolute atomic E-state index is 0.109. The van der Waals surface area contributed by atoms with Crippen molar-refractivity contribution < 1.29 is 13.5 Å². The van der Waals surface area contributed by atoms with E-state index in [1.54, 1.807) is 6.07 Å². The van der Waals surface area contributed by atoms with E-state index >= 15 is 0 Å². The predicted molar refractivity (Wildman–Crippen MR) is 111 cm³/mol. The molecule has 0 unspecified atom stereocenters. The first-order valence-corrected chi connectivity index (χ1v) is 10.7. The minimum atomic E-state index is -1.13. The van der Waals surface area contributed by atoms with E-state index in [4.69, 9.17) is 10.00 Å². The molecule has 1 aliphatic carbocycles. The van der Waals surface area contributed by atoms with Crippen LogP contribution in [0.3, 0.4) is 0 Å². The first kappa shape index (κ1) is 21.3. The molecule has 0 amide bonds. The van der Waals surface area contributed by atoms with Crippen LogP contribution in [0.4, 0.5) is 8.78 Å². The number of unbranched alkanes of at least 4 members (excludes halogenated alkanes) is 2. The van der Waals surface area contributed by atoms with Gasteiger partial charge in [-0.25, -0.2) is 4.39 Å². The summed E-state index contributed by atoms with van der Waals surface area (Å²) in [6.45, 7) is 2.61. The number of hydrogen-bond donors (Lipinski definition) is 0. The fourth-order valence-electron chi connectivity index (χ4n) is 4.14. The molecule has 0 aromatic heterocycles. The van der Waals surface area contributed by atoms with Crippen molar-refractivity contribution in [3.05, 3.63) is 64.7 Å². The average molecular weight is 398 g/mol. The molecule has 154 valence electrons. The second-order valence-electron chi connectivity index (χ2n) is 8.08. The van der Waals surface area contributed by atoms with Gasteiger partial charge in [-0.3, -0.25) is 0 Å². The molecule has 4 heteroatoms. The monoisotopic (exact) mass is 397 g/mol. The third-order valence-corrected chi connectivity index (χ3v) is 6.01. The van der Waals surface area contributed by atoms with Crippen molar-refractivity contribution in [2.45, 2.75) is 64.2 Å². The quantitative estimate of drug-likeness (QED) is 0.453. The van der Waals surface area contributed by atoms with Gasteiger partial charge in [0.05, 0.1) is 12.2 Å². The molecule has 2 nitrogen and oxygen atoms in total. The molecule has 29 heavy (non-hydrogen) atoms. The van der Waals surface area contributed by atoms with E-state index < -0.39 is 11.6 Å². The van der Waals surface area contributed by atoms with Gasteiger partial charge in [-0.05, 0) is 73.6 Å². The van der Waals surface area contributed by atoms with E-state index in [1.165, 1.54) is 42.5 Å². The summed E-state index contributed by atoms with van der Waals surface area (Å²) < 4.78 is 33.2. The number of ether oxygens (including phenoxy) is 1. The predicted octanol–water partition coefficient (Wildman–Crippen LogP) is 6.92. The molecule has 1 saturated carbocycles. The zero-order chi connectivity index (χ0) is 20.6. The number of halogens is 2. The number of benzene rings is 2. The van der Waals surface area contributed by atoms with Crippen LogP contribution < -0.4 is 4.74 Å². The standard InChI is InChI=1S/C25H29F2NO/c1-2-3-4-5-18-6-10-20(11-7-18)21-12-8-19(9-13-21)17-29-23-15-14-22(16-28)24(26)25(23)27/h6-7,10-11,14-15,19,21H,2-5,8-9,12-13,17H2,1H3. The van der Waals surface area contributed by atoms with Crippen LogP contribution in [0, 0.1) is 28.9 Å². The summed E-state index contributed by atoms with van der Waals surface area (Å²) in [7, 11) is 0.